The zero-order chi connectivity index (χ0) is 24.4. The maximum atomic E-state index is 13.2. The highest BCUT2D eigenvalue weighted by Crippen LogP contribution is 2.48. The fourth-order valence-electron chi connectivity index (χ4n) is 3.39. The molecule has 0 aromatic heterocycles. The third-order valence-corrected chi connectivity index (χ3v) is 5.46. The van der Waals surface area contributed by atoms with Gasteiger partial charge >= 0.3 is 0 Å². The molecule has 0 saturated heterocycles. The zero-order valence-electron chi connectivity index (χ0n) is 19.3. The quantitative estimate of drug-likeness (QED) is 0.0981. The Balaban J connectivity index is 1.99. The van der Waals surface area contributed by atoms with Crippen molar-refractivity contribution in [1.29, 1.82) is 5.41 Å². The van der Waals surface area contributed by atoms with Gasteiger partial charge in [0.1, 0.15) is 11.8 Å². The maximum Gasteiger partial charge on any atom is 0.251 e. The molecule has 1 aromatic rings. The van der Waals surface area contributed by atoms with Gasteiger partial charge in [0, 0.05) is 13.1 Å². The molecule has 0 aliphatic heterocycles. The molecule has 181 valence electrons. The normalized spacial score (nSPS) is 14.7. The maximum absolute atomic E-state index is 13.2. The molecule has 1 fully saturated rings. The number of hydrazine groups is 1. The molecule has 0 heterocycles. The molecule has 5 N–H and O–H groups in total. The lowest BCUT2D eigenvalue weighted by molar-refractivity contribution is -0.525. The lowest BCUT2D eigenvalue weighted by Crippen LogP contribution is -2.49. The Bertz CT molecular complexity index is 838. The van der Waals surface area contributed by atoms with Gasteiger partial charge in [0.05, 0.1) is 12.5 Å². The van der Waals surface area contributed by atoms with E-state index in [2.05, 4.69) is 16.0 Å². The molecule has 1 saturated carbocycles. The van der Waals surface area contributed by atoms with E-state index in [-0.39, 0.29) is 18.4 Å². The van der Waals surface area contributed by atoms with E-state index in [1.165, 1.54) is 0 Å². The molecule has 1 aliphatic carbocycles. The first kappa shape index (κ1) is 25.9. The third kappa shape index (κ3) is 7.92. The van der Waals surface area contributed by atoms with Crippen molar-refractivity contribution in [1.82, 2.24) is 21.4 Å². The van der Waals surface area contributed by atoms with Crippen LogP contribution in [0, 0.1) is 28.0 Å². The minimum atomic E-state index is -0.829. The van der Waals surface area contributed by atoms with Gasteiger partial charge in [-0.1, -0.05) is 31.4 Å². The summed E-state index contributed by atoms with van der Waals surface area (Å²) >= 11 is 0. The molecular weight excluding hydrogens is 428 g/mol. The Hall–Kier alpha value is -3.37. The topological polar surface area (TPSA) is 158 Å². The average Bonchev–Trinajstić information content (AvgIpc) is 3.57. The molecule has 1 aromatic carbocycles. The summed E-state index contributed by atoms with van der Waals surface area (Å²) in [6.45, 7) is 6.00. The molecule has 11 heteroatoms. The Morgan fingerprint density at radius 2 is 1.94 bits per heavy atom. The van der Waals surface area contributed by atoms with E-state index in [9.17, 15) is 19.7 Å². The number of guanidine groups is 1. The SMILES string of the molecule is COc1ccc(C2(C(=O)N[C@@H](CCCNC(=N)N[N+](=O)[O-])C(=O)N[CH]CC(C)C)CC2)cc1. The van der Waals surface area contributed by atoms with Crippen LogP contribution in [-0.4, -0.2) is 42.5 Å². The second-order valence-corrected chi connectivity index (χ2v) is 8.49. The van der Waals surface area contributed by atoms with Gasteiger partial charge in [0.15, 0.2) is 5.03 Å². The van der Waals surface area contributed by atoms with Gasteiger partial charge < -0.3 is 20.7 Å². The summed E-state index contributed by atoms with van der Waals surface area (Å²) in [6.07, 6.45) is 2.83. The first-order chi connectivity index (χ1) is 15.7. The molecule has 2 rings (SSSR count). The van der Waals surface area contributed by atoms with Crippen LogP contribution in [0.4, 0.5) is 0 Å². The summed E-state index contributed by atoms with van der Waals surface area (Å²) in [5, 5.41) is 25.2. The molecule has 1 atom stereocenters. The van der Waals surface area contributed by atoms with Gasteiger partial charge in [-0.15, -0.1) is 0 Å². The summed E-state index contributed by atoms with van der Waals surface area (Å²) in [4.78, 5) is 36.3. The predicted octanol–water partition coefficient (Wildman–Crippen LogP) is 1.62. The van der Waals surface area contributed by atoms with Crippen molar-refractivity contribution >= 4 is 17.8 Å². The summed E-state index contributed by atoms with van der Waals surface area (Å²) in [5.74, 6) is 0.136. The number of rotatable bonds is 13. The minimum Gasteiger partial charge on any atom is -0.497 e. The molecule has 33 heavy (non-hydrogen) atoms. The van der Waals surface area contributed by atoms with E-state index < -0.39 is 22.4 Å². The highest BCUT2D eigenvalue weighted by Gasteiger charge is 2.51. The largest absolute Gasteiger partial charge is 0.497 e. The van der Waals surface area contributed by atoms with Crippen LogP contribution in [0.25, 0.3) is 0 Å². The van der Waals surface area contributed by atoms with Crippen LogP contribution in [0.2, 0.25) is 0 Å². The average molecular weight is 462 g/mol. The van der Waals surface area contributed by atoms with Crippen LogP contribution in [0.1, 0.15) is 51.5 Å². The number of carbonyl (C=O) groups is 2. The van der Waals surface area contributed by atoms with Crippen molar-refractivity contribution in [3.8, 4) is 5.75 Å². The van der Waals surface area contributed by atoms with E-state index in [4.69, 9.17) is 10.1 Å². The highest BCUT2D eigenvalue weighted by molar-refractivity contribution is 5.95. The van der Waals surface area contributed by atoms with Crippen LogP contribution < -0.4 is 26.1 Å². The number of amides is 2. The monoisotopic (exact) mass is 461 g/mol. The number of nitrogens with one attached hydrogen (secondary N) is 5. The number of hydrogen-bond acceptors (Lipinski definition) is 6. The molecule has 0 spiro atoms. The number of ether oxygens (including phenoxy) is 1. The Labute approximate surface area is 193 Å². The summed E-state index contributed by atoms with van der Waals surface area (Å²) in [7, 11) is 1.58. The first-order valence-corrected chi connectivity index (χ1v) is 11.0. The van der Waals surface area contributed by atoms with Crippen LogP contribution in [0.5, 0.6) is 5.75 Å². The highest BCUT2D eigenvalue weighted by atomic mass is 16.7. The molecule has 1 aliphatic rings. The number of benzene rings is 1. The summed E-state index contributed by atoms with van der Waals surface area (Å²) < 4.78 is 5.19. The van der Waals surface area contributed by atoms with E-state index >= 15 is 0 Å². The molecular formula is C22H33N6O5. The van der Waals surface area contributed by atoms with Crippen LogP contribution in [0.3, 0.4) is 0 Å². The standard InChI is InChI=1S/C22H33N6O5/c1-15(2)10-14-24-19(29)18(5-4-13-25-21(23)27-28(31)32)26-20(30)22(11-12-22)16-6-8-17(33-3)9-7-16/h6-9,14-15,18H,4-5,10-13H2,1-3H3,(H,24,29)(H,26,30)(H3,23,25,27)/t18-/m0/s1. The van der Waals surface area contributed by atoms with E-state index in [1.54, 1.807) is 19.1 Å². The molecule has 1 radical (unpaired) electrons. The van der Waals surface area contributed by atoms with Gasteiger partial charge in [0.25, 0.3) is 5.96 Å². The molecule has 11 nitrogen and oxygen atoms in total. The zero-order valence-corrected chi connectivity index (χ0v) is 19.3. The number of nitrogens with zero attached hydrogens (tertiary/aromatic N) is 1. The first-order valence-electron chi connectivity index (χ1n) is 11.0. The van der Waals surface area contributed by atoms with E-state index in [0.29, 0.717) is 43.8 Å². The van der Waals surface area contributed by atoms with E-state index in [1.807, 2.05) is 38.1 Å². The van der Waals surface area contributed by atoms with Crippen molar-refractivity contribution in [2.24, 2.45) is 5.92 Å². The third-order valence-electron chi connectivity index (χ3n) is 5.46. The summed E-state index contributed by atoms with van der Waals surface area (Å²) in [5.41, 5.74) is 1.94. The van der Waals surface area contributed by atoms with Crippen LogP contribution in [0.15, 0.2) is 24.3 Å². The Kier molecular flexibility index (Phi) is 9.43. The van der Waals surface area contributed by atoms with Gasteiger partial charge in [-0.25, -0.2) is 10.1 Å². The minimum absolute atomic E-state index is 0.201. The fourth-order valence-corrected chi connectivity index (χ4v) is 3.39. The lowest BCUT2D eigenvalue weighted by atomic mass is 9.94. The molecule has 2 amide bonds. The second kappa shape index (κ2) is 12.0. The number of hydrogen-bond donors (Lipinski definition) is 5. The van der Waals surface area contributed by atoms with Gasteiger partial charge in [0.2, 0.25) is 11.8 Å². The Morgan fingerprint density at radius 1 is 1.27 bits per heavy atom. The van der Waals surface area contributed by atoms with Crippen LogP contribution in [-0.2, 0) is 15.0 Å². The van der Waals surface area contributed by atoms with Gasteiger partial charge in [-0.3, -0.25) is 15.0 Å². The smallest absolute Gasteiger partial charge is 0.251 e. The number of carbonyl (C=O) groups excluding carboxylic acids is 2. The van der Waals surface area contributed by atoms with Crippen molar-refractivity contribution < 1.29 is 19.4 Å². The molecule has 0 bridgehead atoms. The summed E-state index contributed by atoms with van der Waals surface area (Å²) in [6, 6.07) is 6.60. The van der Waals surface area contributed by atoms with Crippen molar-refractivity contribution in [2.75, 3.05) is 13.7 Å². The van der Waals surface area contributed by atoms with Gasteiger partial charge in [-0.05, 0) is 55.7 Å². The van der Waals surface area contributed by atoms with Crippen molar-refractivity contribution in [3.63, 3.8) is 0 Å². The second-order valence-electron chi connectivity index (χ2n) is 8.49. The fraction of sp³-hybridized carbons (Fsp3) is 0.545. The lowest BCUT2D eigenvalue weighted by Gasteiger charge is -2.23. The van der Waals surface area contributed by atoms with Crippen LogP contribution >= 0.6 is 0 Å². The number of methoxy groups -OCH3 is 1. The van der Waals surface area contributed by atoms with Crippen molar-refractivity contribution in [2.45, 2.75) is 57.4 Å². The molecule has 0 unspecified atom stereocenters. The van der Waals surface area contributed by atoms with Crippen molar-refractivity contribution in [3.05, 3.63) is 46.5 Å². The Morgan fingerprint density at radius 3 is 2.48 bits per heavy atom. The predicted molar refractivity (Wildman–Crippen MR) is 123 cm³/mol. The van der Waals surface area contributed by atoms with Gasteiger partial charge in [-0.2, -0.15) is 0 Å². The number of nitro groups is 1. The van der Waals surface area contributed by atoms with E-state index in [0.717, 1.165) is 5.56 Å².